The molecule has 22 heavy (non-hydrogen) atoms. The number of rotatable bonds is 6. The van der Waals surface area contributed by atoms with Gasteiger partial charge in [-0.15, -0.1) is 0 Å². The van der Waals surface area contributed by atoms with Gasteiger partial charge < -0.3 is 10.1 Å². The molecule has 1 N–H and O–H groups in total. The fraction of sp³-hybridized carbons (Fsp3) is 0.278. The second kappa shape index (κ2) is 7.85. The third kappa shape index (κ3) is 4.78. The van der Waals surface area contributed by atoms with Crippen LogP contribution in [0.15, 0.2) is 42.5 Å². The van der Waals surface area contributed by atoms with Crippen LogP contribution in [0.3, 0.4) is 0 Å². The zero-order valence-corrected chi connectivity index (χ0v) is 13.6. The van der Waals surface area contributed by atoms with E-state index in [2.05, 4.69) is 12.2 Å². The summed E-state index contributed by atoms with van der Waals surface area (Å²) in [7, 11) is 0. The molecule has 0 spiro atoms. The maximum absolute atomic E-state index is 11.9. The minimum Gasteiger partial charge on any atom is -0.484 e. The van der Waals surface area contributed by atoms with E-state index >= 15 is 0 Å². The summed E-state index contributed by atoms with van der Waals surface area (Å²) in [5.41, 5.74) is 2.94. The molecular formula is C18H20ClNO2. The van der Waals surface area contributed by atoms with Gasteiger partial charge in [0.25, 0.3) is 5.91 Å². The van der Waals surface area contributed by atoms with Gasteiger partial charge in [0.2, 0.25) is 0 Å². The number of aryl methyl sites for hydroxylation is 2. The standard InChI is InChI=1S/C18H20ClNO2/c1-3-4-14-6-9-16(10-7-14)22-12-18(21)20-17-11-15(19)8-5-13(17)2/h5-11H,3-4,12H2,1-2H3,(H,20,21). The summed E-state index contributed by atoms with van der Waals surface area (Å²) < 4.78 is 5.50. The summed E-state index contributed by atoms with van der Waals surface area (Å²) in [4.78, 5) is 11.9. The number of ether oxygens (including phenoxy) is 1. The number of carbonyl (C=O) groups excluding carboxylic acids is 1. The van der Waals surface area contributed by atoms with Crippen molar-refractivity contribution < 1.29 is 9.53 Å². The van der Waals surface area contributed by atoms with Gasteiger partial charge in [0, 0.05) is 10.7 Å². The van der Waals surface area contributed by atoms with Crippen molar-refractivity contribution in [2.24, 2.45) is 0 Å². The highest BCUT2D eigenvalue weighted by Gasteiger charge is 2.06. The van der Waals surface area contributed by atoms with Crippen LogP contribution in [0.5, 0.6) is 5.75 Å². The molecule has 4 heteroatoms. The molecule has 0 atom stereocenters. The summed E-state index contributed by atoms with van der Waals surface area (Å²) in [6.45, 7) is 4.03. The third-order valence-corrected chi connectivity index (χ3v) is 3.54. The van der Waals surface area contributed by atoms with Gasteiger partial charge in [-0.3, -0.25) is 4.79 Å². The topological polar surface area (TPSA) is 38.3 Å². The van der Waals surface area contributed by atoms with E-state index in [1.165, 1.54) is 5.56 Å². The average molecular weight is 318 g/mol. The second-order valence-electron chi connectivity index (χ2n) is 5.19. The molecule has 0 aliphatic rings. The molecule has 2 aromatic carbocycles. The van der Waals surface area contributed by atoms with Crippen molar-refractivity contribution >= 4 is 23.2 Å². The van der Waals surface area contributed by atoms with Crippen LogP contribution in [-0.2, 0) is 11.2 Å². The molecule has 0 aliphatic carbocycles. The summed E-state index contributed by atoms with van der Waals surface area (Å²) in [5.74, 6) is 0.487. The van der Waals surface area contributed by atoms with Gasteiger partial charge in [-0.05, 0) is 48.7 Å². The maximum atomic E-state index is 11.9. The first kappa shape index (κ1) is 16.4. The molecule has 116 valence electrons. The van der Waals surface area contributed by atoms with E-state index in [0.29, 0.717) is 16.5 Å². The first-order chi connectivity index (χ1) is 10.6. The molecule has 0 saturated carbocycles. The van der Waals surface area contributed by atoms with E-state index in [1.54, 1.807) is 12.1 Å². The molecule has 0 saturated heterocycles. The van der Waals surface area contributed by atoms with Crippen LogP contribution in [0, 0.1) is 6.92 Å². The minimum atomic E-state index is -0.206. The predicted octanol–water partition coefficient (Wildman–Crippen LogP) is 4.62. The van der Waals surface area contributed by atoms with E-state index < -0.39 is 0 Å². The zero-order chi connectivity index (χ0) is 15.9. The lowest BCUT2D eigenvalue weighted by Gasteiger charge is -2.10. The Kier molecular flexibility index (Phi) is 5.84. The Morgan fingerprint density at radius 2 is 1.91 bits per heavy atom. The Hall–Kier alpha value is -2.00. The maximum Gasteiger partial charge on any atom is 0.262 e. The molecule has 0 aliphatic heterocycles. The minimum absolute atomic E-state index is 0.0287. The Labute approximate surface area is 136 Å². The van der Waals surface area contributed by atoms with E-state index in [1.807, 2.05) is 37.3 Å². The van der Waals surface area contributed by atoms with E-state index in [-0.39, 0.29) is 12.5 Å². The van der Waals surface area contributed by atoms with Gasteiger partial charge in [0.05, 0.1) is 0 Å². The van der Waals surface area contributed by atoms with Crippen molar-refractivity contribution in [1.82, 2.24) is 0 Å². The van der Waals surface area contributed by atoms with Crippen LogP contribution in [0.1, 0.15) is 24.5 Å². The van der Waals surface area contributed by atoms with Gasteiger partial charge in [0.1, 0.15) is 5.75 Å². The molecule has 2 rings (SSSR count). The molecule has 0 bridgehead atoms. The molecule has 1 amide bonds. The average Bonchev–Trinajstić information content (AvgIpc) is 2.51. The van der Waals surface area contributed by atoms with Crippen molar-refractivity contribution in [3.8, 4) is 5.75 Å². The highest BCUT2D eigenvalue weighted by molar-refractivity contribution is 6.31. The van der Waals surface area contributed by atoms with Crippen molar-refractivity contribution in [1.29, 1.82) is 0 Å². The lowest BCUT2D eigenvalue weighted by Crippen LogP contribution is -2.20. The molecule has 0 aromatic heterocycles. The molecule has 0 radical (unpaired) electrons. The Morgan fingerprint density at radius 1 is 1.18 bits per heavy atom. The van der Waals surface area contributed by atoms with Gasteiger partial charge >= 0.3 is 0 Å². The largest absolute Gasteiger partial charge is 0.484 e. The number of nitrogens with one attached hydrogen (secondary N) is 1. The van der Waals surface area contributed by atoms with Gasteiger partial charge in [0.15, 0.2) is 6.61 Å². The number of amides is 1. The number of benzene rings is 2. The quantitative estimate of drug-likeness (QED) is 0.844. The molecule has 2 aromatic rings. The summed E-state index contributed by atoms with van der Waals surface area (Å²) >= 11 is 5.93. The molecular weight excluding hydrogens is 298 g/mol. The highest BCUT2D eigenvalue weighted by atomic mass is 35.5. The smallest absolute Gasteiger partial charge is 0.262 e. The second-order valence-corrected chi connectivity index (χ2v) is 5.63. The Bertz CT molecular complexity index is 638. The lowest BCUT2D eigenvalue weighted by atomic mass is 10.1. The van der Waals surface area contributed by atoms with Crippen LogP contribution in [-0.4, -0.2) is 12.5 Å². The van der Waals surface area contributed by atoms with Crippen LogP contribution in [0.2, 0.25) is 5.02 Å². The summed E-state index contributed by atoms with van der Waals surface area (Å²) in [6.07, 6.45) is 2.16. The van der Waals surface area contributed by atoms with E-state index in [4.69, 9.17) is 16.3 Å². The predicted molar refractivity (Wildman–Crippen MR) is 90.8 cm³/mol. The fourth-order valence-electron chi connectivity index (χ4n) is 2.11. The number of carbonyl (C=O) groups is 1. The van der Waals surface area contributed by atoms with Crippen molar-refractivity contribution in [3.63, 3.8) is 0 Å². The molecule has 0 unspecified atom stereocenters. The number of halogens is 1. The molecule has 0 heterocycles. The van der Waals surface area contributed by atoms with Crippen molar-refractivity contribution in [2.75, 3.05) is 11.9 Å². The SMILES string of the molecule is CCCc1ccc(OCC(=O)Nc2cc(Cl)ccc2C)cc1. The van der Waals surface area contributed by atoms with Gasteiger partial charge in [-0.25, -0.2) is 0 Å². The highest BCUT2D eigenvalue weighted by Crippen LogP contribution is 2.20. The van der Waals surface area contributed by atoms with Crippen molar-refractivity contribution in [3.05, 3.63) is 58.6 Å². The fourth-order valence-corrected chi connectivity index (χ4v) is 2.28. The summed E-state index contributed by atoms with van der Waals surface area (Å²) in [5, 5.41) is 3.40. The first-order valence-corrected chi connectivity index (χ1v) is 7.74. The first-order valence-electron chi connectivity index (χ1n) is 7.36. The van der Waals surface area contributed by atoms with Crippen LogP contribution in [0.25, 0.3) is 0 Å². The van der Waals surface area contributed by atoms with E-state index in [9.17, 15) is 4.79 Å². The normalized spacial score (nSPS) is 10.3. The Balaban J connectivity index is 1.88. The Morgan fingerprint density at radius 3 is 2.59 bits per heavy atom. The number of anilines is 1. The molecule has 0 fully saturated rings. The van der Waals surface area contributed by atoms with Gasteiger partial charge in [-0.1, -0.05) is 43.1 Å². The van der Waals surface area contributed by atoms with Crippen LogP contribution < -0.4 is 10.1 Å². The van der Waals surface area contributed by atoms with Crippen LogP contribution in [0.4, 0.5) is 5.69 Å². The van der Waals surface area contributed by atoms with Gasteiger partial charge in [-0.2, -0.15) is 0 Å². The number of hydrogen-bond donors (Lipinski definition) is 1. The summed E-state index contributed by atoms with van der Waals surface area (Å²) in [6, 6.07) is 13.2. The number of hydrogen-bond acceptors (Lipinski definition) is 2. The molecule has 3 nitrogen and oxygen atoms in total. The lowest BCUT2D eigenvalue weighted by molar-refractivity contribution is -0.118. The van der Waals surface area contributed by atoms with E-state index in [0.717, 1.165) is 18.4 Å². The zero-order valence-electron chi connectivity index (χ0n) is 12.9. The third-order valence-electron chi connectivity index (χ3n) is 3.31. The monoisotopic (exact) mass is 317 g/mol. The van der Waals surface area contributed by atoms with Crippen LogP contribution >= 0.6 is 11.6 Å². The van der Waals surface area contributed by atoms with Crippen molar-refractivity contribution in [2.45, 2.75) is 26.7 Å².